The van der Waals surface area contributed by atoms with Crippen molar-refractivity contribution in [3.8, 4) is 5.75 Å². The van der Waals surface area contributed by atoms with Gasteiger partial charge in [0.05, 0.1) is 26.2 Å². The third-order valence-electron chi connectivity index (χ3n) is 4.42. The second kappa shape index (κ2) is 11.1. The lowest BCUT2D eigenvalue weighted by Crippen LogP contribution is -3.12. The largest absolute Gasteiger partial charge is 0.484 e. The molecule has 1 aromatic carbocycles. The fraction of sp³-hybridized carbons (Fsp3) is 0.450. The molecule has 2 aromatic rings. The maximum Gasteiger partial charge on any atom is 0.261 e. The van der Waals surface area contributed by atoms with Crippen LogP contribution in [0.15, 0.2) is 40.9 Å². The molecule has 2 rings (SSSR count). The number of carbonyl (C=O) groups is 2. The molecule has 2 amide bonds. The SMILES string of the molecule is CC[NH+](CC)CCN(CC(=O)Nc1cc(C)on1)C(=O)COc1ccccc1. The van der Waals surface area contributed by atoms with Gasteiger partial charge in [-0.05, 0) is 32.9 Å². The monoisotopic (exact) mass is 389 g/mol. The molecule has 0 spiro atoms. The fourth-order valence-electron chi connectivity index (χ4n) is 2.72. The standard InChI is InChI=1S/C20H28N4O4/c1-4-23(5-2)11-12-24(14-19(25)21-18-13-16(3)28-22-18)20(26)15-27-17-9-7-6-8-10-17/h6-10,13H,4-5,11-12,14-15H2,1-3H3,(H,21,22,25)/p+1. The average Bonchev–Trinajstić information content (AvgIpc) is 3.11. The number of hydrogen-bond acceptors (Lipinski definition) is 5. The van der Waals surface area contributed by atoms with E-state index in [-0.39, 0.29) is 25.0 Å². The van der Waals surface area contributed by atoms with Gasteiger partial charge in [0.25, 0.3) is 5.91 Å². The van der Waals surface area contributed by atoms with E-state index in [0.717, 1.165) is 19.6 Å². The van der Waals surface area contributed by atoms with Crippen molar-refractivity contribution in [3.63, 3.8) is 0 Å². The summed E-state index contributed by atoms with van der Waals surface area (Å²) >= 11 is 0. The Bertz CT molecular complexity index is 744. The topological polar surface area (TPSA) is 89.1 Å². The first-order chi connectivity index (χ1) is 13.5. The summed E-state index contributed by atoms with van der Waals surface area (Å²) in [6, 6.07) is 10.8. The van der Waals surface area contributed by atoms with Gasteiger partial charge >= 0.3 is 0 Å². The van der Waals surface area contributed by atoms with Crippen LogP contribution in [0.1, 0.15) is 19.6 Å². The van der Waals surface area contributed by atoms with Gasteiger partial charge in [-0.25, -0.2) is 0 Å². The summed E-state index contributed by atoms with van der Waals surface area (Å²) < 4.78 is 10.5. The van der Waals surface area contributed by atoms with Crippen molar-refractivity contribution in [2.45, 2.75) is 20.8 Å². The number of nitrogens with one attached hydrogen (secondary N) is 2. The Morgan fingerprint density at radius 2 is 1.93 bits per heavy atom. The summed E-state index contributed by atoms with van der Waals surface area (Å²) in [5.41, 5.74) is 0. The van der Waals surface area contributed by atoms with Crippen LogP contribution >= 0.6 is 0 Å². The van der Waals surface area contributed by atoms with E-state index in [4.69, 9.17) is 9.26 Å². The van der Waals surface area contributed by atoms with E-state index in [0.29, 0.717) is 23.9 Å². The van der Waals surface area contributed by atoms with Gasteiger partial charge in [0.1, 0.15) is 18.1 Å². The van der Waals surface area contributed by atoms with Crippen molar-refractivity contribution in [3.05, 3.63) is 42.2 Å². The maximum absolute atomic E-state index is 12.7. The molecule has 0 unspecified atom stereocenters. The van der Waals surface area contributed by atoms with Gasteiger partial charge in [-0.2, -0.15) is 0 Å². The lowest BCUT2D eigenvalue weighted by molar-refractivity contribution is -0.895. The number of aryl methyl sites for hydroxylation is 1. The average molecular weight is 389 g/mol. The number of aromatic nitrogens is 1. The van der Waals surface area contributed by atoms with E-state index >= 15 is 0 Å². The highest BCUT2D eigenvalue weighted by Gasteiger charge is 2.20. The summed E-state index contributed by atoms with van der Waals surface area (Å²) in [6.45, 7) is 8.92. The van der Waals surface area contributed by atoms with Gasteiger partial charge in [0, 0.05) is 6.07 Å². The van der Waals surface area contributed by atoms with E-state index in [1.807, 2.05) is 18.2 Å². The molecule has 28 heavy (non-hydrogen) atoms. The number of para-hydroxylation sites is 1. The highest BCUT2D eigenvalue weighted by molar-refractivity contribution is 5.94. The molecule has 2 N–H and O–H groups in total. The van der Waals surface area contributed by atoms with E-state index < -0.39 is 0 Å². The zero-order chi connectivity index (χ0) is 20.4. The fourth-order valence-corrected chi connectivity index (χ4v) is 2.72. The van der Waals surface area contributed by atoms with Crippen molar-refractivity contribution in [2.75, 3.05) is 44.6 Å². The van der Waals surface area contributed by atoms with E-state index in [1.165, 1.54) is 9.80 Å². The van der Waals surface area contributed by atoms with Crippen LogP contribution in [0.3, 0.4) is 0 Å². The second-order valence-corrected chi connectivity index (χ2v) is 6.50. The Morgan fingerprint density at radius 1 is 1.21 bits per heavy atom. The number of rotatable bonds is 11. The zero-order valence-corrected chi connectivity index (χ0v) is 16.7. The number of ether oxygens (including phenoxy) is 1. The number of amides is 2. The quantitative estimate of drug-likeness (QED) is 0.592. The van der Waals surface area contributed by atoms with E-state index in [2.05, 4.69) is 24.3 Å². The van der Waals surface area contributed by atoms with Gasteiger partial charge in [-0.3, -0.25) is 9.59 Å². The number of carbonyl (C=O) groups excluding carboxylic acids is 2. The summed E-state index contributed by atoms with van der Waals surface area (Å²) in [5, 5.41) is 6.40. The van der Waals surface area contributed by atoms with Gasteiger partial charge in [-0.15, -0.1) is 0 Å². The van der Waals surface area contributed by atoms with Crippen LogP contribution in [-0.2, 0) is 9.59 Å². The molecular formula is C20H29N4O4+. The molecule has 8 heteroatoms. The molecule has 0 aliphatic rings. The van der Waals surface area contributed by atoms with Crippen molar-refractivity contribution in [1.29, 1.82) is 0 Å². The number of benzene rings is 1. The molecule has 0 saturated carbocycles. The Kier molecular flexibility index (Phi) is 8.48. The number of quaternary nitrogens is 1. The number of hydrogen-bond donors (Lipinski definition) is 2. The van der Waals surface area contributed by atoms with Crippen LogP contribution in [0.4, 0.5) is 5.82 Å². The lowest BCUT2D eigenvalue weighted by atomic mass is 10.3. The number of anilines is 1. The van der Waals surface area contributed by atoms with Crippen molar-refractivity contribution in [1.82, 2.24) is 10.1 Å². The van der Waals surface area contributed by atoms with Crippen LogP contribution in [-0.4, -0.2) is 61.2 Å². The molecule has 1 heterocycles. The Labute approximate surface area is 165 Å². The maximum atomic E-state index is 12.7. The predicted octanol–water partition coefficient (Wildman–Crippen LogP) is 0.754. The molecule has 152 valence electrons. The molecule has 0 aliphatic carbocycles. The van der Waals surface area contributed by atoms with Gasteiger partial charge in [-0.1, -0.05) is 23.4 Å². The van der Waals surface area contributed by atoms with Crippen LogP contribution in [0, 0.1) is 6.92 Å². The molecule has 0 bridgehead atoms. The number of likely N-dealkylation sites (N-methyl/N-ethyl adjacent to an activating group) is 1. The van der Waals surface area contributed by atoms with Gasteiger partial charge < -0.3 is 24.4 Å². The van der Waals surface area contributed by atoms with Crippen LogP contribution in [0.5, 0.6) is 5.75 Å². The Morgan fingerprint density at radius 3 is 2.54 bits per heavy atom. The summed E-state index contributed by atoms with van der Waals surface area (Å²) in [6.07, 6.45) is 0. The molecule has 0 aliphatic heterocycles. The Hall–Kier alpha value is -2.87. The van der Waals surface area contributed by atoms with Crippen LogP contribution in [0.25, 0.3) is 0 Å². The first-order valence-corrected chi connectivity index (χ1v) is 9.54. The Balaban J connectivity index is 1.96. The second-order valence-electron chi connectivity index (χ2n) is 6.50. The third kappa shape index (κ3) is 7.03. The van der Waals surface area contributed by atoms with Gasteiger partial charge in [0.2, 0.25) is 5.91 Å². The minimum absolute atomic E-state index is 0.0659. The molecule has 0 saturated heterocycles. The van der Waals surface area contributed by atoms with Crippen molar-refractivity contribution in [2.24, 2.45) is 0 Å². The molecule has 8 nitrogen and oxygen atoms in total. The minimum atomic E-state index is -0.323. The highest BCUT2D eigenvalue weighted by Crippen LogP contribution is 2.09. The van der Waals surface area contributed by atoms with Crippen LogP contribution < -0.4 is 15.0 Å². The first kappa shape index (κ1) is 21.4. The molecule has 0 atom stereocenters. The van der Waals surface area contributed by atoms with E-state index in [9.17, 15) is 9.59 Å². The normalized spacial score (nSPS) is 10.7. The van der Waals surface area contributed by atoms with E-state index in [1.54, 1.807) is 25.1 Å². The lowest BCUT2D eigenvalue weighted by Gasteiger charge is -2.24. The molecule has 0 fully saturated rings. The first-order valence-electron chi connectivity index (χ1n) is 9.54. The molecular weight excluding hydrogens is 360 g/mol. The summed E-state index contributed by atoms with van der Waals surface area (Å²) in [4.78, 5) is 27.9. The number of nitrogens with zero attached hydrogens (tertiary/aromatic N) is 2. The smallest absolute Gasteiger partial charge is 0.261 e. The summed E-state index contributed by atoms with van der Waals surface area (Å²) in [5.74, 6) is 1.000. The minimum Gasteiger partial charge on any atom is -0.484 e. The third-order valence-corrected chi connectivity index (χ3v) is 4.42. The van der Waals surface area contributed by atoms with Crippen molar-refractivity contribution < 1.29 is 23.7 Å². The summed E-state index contributed by atoms with van der Waals surface area (Å²) in [7, 11) is 0. The zero-order valence-electron chi connectivity index (χ0n) is 16.7. The van der Waals surface area contributed by atoms with Crippen molar-refractivity contribution >= 4 is 17.6 Å². The highest BCUT2D eigenvalue weighted by atomic mass is 16.5. The predicted molar refractivity (Wildman–Crippen MR) is 105 cm³/mol. The van der Waals surface area contributed by atoms with Gasteiger partial charge in [0.15, 0.2) is 12.4 Å². The molecule has 0 radical (unpaired) electrons. The van der Waals surface area contributed by atoms with Crippen LogP contribution in [0.2, 0.25) is 0 Å². The molecule has 1 aromatic heterocycles.